The maximum Gasteiger partial charge on any atom is 0.201 e. The van der Waals surface area contributed by atoms with Gasteiger partial charge in [-0.25, -0.2) is 8.78 Å². The van der Waals surface area contributed by atoms with E-state index in [1.165, 1.54) is 0 Å². The van der Waals surface area contributed by atoms with E-state index < -0.39 is 11.3 Å². The molecule has 2 unspecified atom stereocenters. The summed E-state index contributed by atoms with van der Waals surface area (Å²) in [6.45, 7) is 0. The summed E-state index contributed by atoms with van der Waals surface area (Å²) in [6.07, 6.45) is 0. The lowest BCUT2D eigenvalue weighted by atomic mass is 10.1. The van der Waals surface area contributed by atoms with Gasteiger partial charge < -0.3 is 0 Å². The molecule has 0 spiro atoms. The summed E-state index contributed by atoms with van der Waals surface area (Å²) in [5.74, 6) is 0. The second-order valence-corrected chi connectivity index (χ2v) is 4.96. The van der Waals surface area contributed by atoms with Gasteiger partial charge >= 0.3 is 0 Å². The van der Waals surface area contributed by atoms with E-state index in [1.807, 2.05) is 0 Å². The Hall–Kier alpha value is 0.820. The Balaban J connectivity index is 3.63. The Bertz CT molecular complexity index is 349. The molecule has 0 amide bonds. The van der Waals surface area contributed by atoms with E-state index in [0.29, 0.717) is 0 Å². The molecule has 1 aromatic rings. The molecule has 0 radical (unpaired) electrons. The van der Waals surface area contributed by atoms with Crippen LogP contribution in [0.4, 0.5) is 8.78 Å². The number of rotatable bonds is 2. The van der Waals surface area contributed by atoms with Gasteiger partial charge in [-0.2, -0.15) is 0 Å². The third-order valence-electron chi connectivity index (χ3n) is 1.77. The fourth-order valence-corrected chi connectivity index (χ4v) is 2.97. The van der Waals surface area contributed by atoms with Gasteiger partial charge in [0.15, 0.2) is 0 Å². The number of alkyl halides is 4. The average Bonchev–Trinajstić information content (AvgIpc) is 2.14. The van der Waals surface area contributed by atoms with Crippen LogP contribution in [0, 0.1) is 0 Å². The number of hydrogen-bond acceptors (Lipinski definition) is 0. The van der Waals surface area contributed by atoms with Gasteiger partial charge in [0.25, 0.3) is 0 Å². The zero-order chi connectivity index (χ0) is 12.6. The van der Waals surface area contributed by atoms with Crippen molar-refractivity contribution in [3.63, 3.8) is 0 Å². The zero-order valence-corrected chi connectivity index (χ0v) is 11.7. The Labute approximate surface area is 120 Å². The molecular weight excluding hydrogens is 347 g/mol. The smallest absolute Gasteiger partial charge is 0.201 e. The second kappa shape index (κ2) is 5.64. The SMILES string of the molecule is FC(Cl)c1c(Cl)c(Cl)c(C(F)Cl)c(Cl)c1Cl. The van der Waals surface area contributed by atoms with Crippen LogP contribution in [0.3, 0.4) is 0 Å². The van der Waals surface area contributed by atoms with Crippen LogP contribution in [-0.4, -0.2) is 0 Å². The van der Waals surface area contributed by atoms with Crippen molar-refractivity contribution in [1.29, 1.82) is 0 Å². The van der Waals surface area contributed by atoms with Crippen molar-refractivity contribution in [2.75, 3.05) is 0 Å². The van der Waals surface area contributed by atoms with Gasteiger partial charge in [0.1, 0.15) is 0 Å². The van der Waals surface area contributed by atoms with Crippen molar-refractivity contribution >= 4 is 69.6 Å². The molecule has 8 heteroatoms. The highest BCUT2D eigenvalue weighted by molar-refractivity contribution is 6.50. The Morgan fingerprint density at radius 3 is 0.938 bits per heavy atom. The summed E-state index contributed by atoms with van der Waals surface area (Å²) < 4.78 is 26.0. The molecular formula is C8H2Cl6F2. The summed E-state index contributed by atoms with van der Waals surface area (Å²) in [5.41, 5.74) is -4.61. The Kier molecular flexibility index (Phi) is 5.25. The maximum atomic E-state index is 13.0. The molecule has 0 N–H and O–H groups in total. The standard InChI is InChI=1S/C8H2Cl6F2/c9-3-1(7(13)15)4(10)6(12)2(5(3)11)8(14)16/h7-8H. The minimum Gasteiger partial charge on any atom is -0.225 e. The lowest BCUT2D eigenvalue weighted by Crippen LogP contribution is -1.96. The molecule has 0 fully saturated rings. The van der Waals surface area contributed by atoms with Crippen LogP contribution in [0.2, 0.25) is 20.1 Å². The van der Waals surface area contributed by atoms with E-state index in [0.717, 1.165) is 0 Å². The van der Waals surface area contributed by atoms with Crippen molar-refractivity contribution < 1.29 is 8.78 Å². The molecule has 0 bridgehead atoms. The summed E-state index contributed by atoms with van der Waals surface area (Å²) in [5, 5.41) is -1.23. The van der Waals surface area contributed by atoms with E-state index >= 15 is 0 Å². The third-order valence-corrected chi connectivity index (χ3v) is 3.97. The monoisotopic (exact) mass is 346 g/mol. The van der Waals surface area contributed by atoms with E-state index in [-0.39, 0.29) is 31.2 Å². The van der Waals surface area contributed by atoms with Gasteiger partial charge in [-0.3, -0.25) is 0 Å². The first kappa shape index (κ1) is 14.9. The zero-order valence-electron chi connectivity index (χ0n) is 7.18. The van der Waals surface area contributed by atoms with Crippen LogP contribution in [0.1, 0.15) is 22.4 Å². The molecule has 0 aliphatic rings. The van der Waals surface area contributed by atoms with Gasteiger partial charge in [-0.05, 0) is 0 Å². The van der Waals surface area contributed by atoms with Crippen LogP contribution in [0.5, 0.6) is 0 Å². The molecule has 0 heterocycles. The quantitative estimate of drug-likeness (QED) is 0.411. The first-order valence-electron chi connectivity index (χ1n) is 3.71. The van der Waals surface area contributed by atoms with Crippen LogP contribution in [-0.2, 0) is 0 Å². The predicted molar refractivity (Wildman–Crippen MR) is 65.9 cm³/mol. The molecule has 1 rings (SSSR count). The minimum absolute atomic E-state index is 0.305. The van der Waals surface area contributed by atoms with E-state index in [9.17, 15) is 8.78 Å². The molecule has 0 aliphatic heterocycles. The molecule has 0 aliphatic carbocycles. The van der Waals surface area contributed by atoms with E-state index in [4.69, 9.17) is 69.6 Å². The van der Waals surface area contributed by atoms with Gasteiger partial charge in [0.2, 0.25) is 11.3 Å². The van der Waals surface area contributed by atoms with E-state index in [2.05, 4.69) is 0 Å². The topological polar surface area (TPSA) is 0 Å². The summed E-state index contributed by atoms with van der Waals surface area (Å²) >= 11 is 33.2. The lowest BCUT2D eigenvalue weighted by molar-refractivity contribution is 0.455. The average molecular weight is 349 g/mol. The molecule has 16 heavy (non-hydrogen) atoms. The van der Waals surface area contributed by atoms with Gasteiger partial charge in [0, 0.05) is 11.1 Å². The molecule has 0 saturated carbocycles. The van der Waals surface area contributed by atoms with Crippen LogP contribution >= 0.6 is 69.6 Å². The van der Waals surface area contributed by atoms with Crippen molar-refractivity contribution in [1.82, 2.24) is 0 Å². The Morgan fingerprint density at radius 1 is 0.625 bits per heavy atom. The fraction of sp³-hybridized carbons (Fsp3) is 0.250. The normalized spacial score (nSPS) is 15.0. The molecule has 2 atom stereocenters. The largest absolute Gasteiger partial charge is 0.225 e. The van der Waals surface area contributed by atoms with E-state index in [1.54, 1.807) is 0 Å². The summed E-state index contributed by atoms with van der Waals surface area (Å²) in [6, 6.07) is 0. The number of hydrogen-bond donors (Lipinski definition) is 0. The summed E-state index contributed by atoms with van der Waals surface area (Å²) in [7, 11) is 0. The molecule has 1 aromatic carbocycles. The predicted octanol–water partition coefficient (Wildman–Crippen LogP) is 6.71. The first-order chi connectivity index (χ1) is 7.29. The van der Waals surface area contributed by atoms with Gasteiger partial charge in [-0.15, -0.1) is 0 Å². The maximum absolute atomic E-state index is 13.0. The van der Waals surface area contributed by atoms with Crippen LogP contribution in [0.25, 0.3) is 0 Å². The van der Waals surface area contributed by atoms with Gasteiger partial charge in [0.05, 0.1) is 20.1 Å². The highest BCUT2D eigenvalue weighted by Gasteiger charge is 2.27. The highest BCUT2D eigenvalue weighted by atomic mass is 35.5. The van der Waals surface area contributed by atoms with Crippen molar-refractivity contribution in [3.05, 3.63) is 31.2 Å². The molecule has 0 aromatic heterocycles. The molecule has 0 saturated heterocycles. The third kappa shape index (κ3) is 2.63. The lowest BCUT2D eigenvalue weighted by Gasteiger charge is -2.15. The van der Waals surface area contributed by atoms with Crippen molar-refractivity contribution in [2.24, 2.45) is 0 Å². The number of benzene rings is 1. The first-order valence-corrected chi connectivity index (χ1v) is 6.09. The van der Waals surface area contributed by atoms with Crippen LogP contribution in [0.15, 0.2) is 0 Å². The van der Waals surface area contributed by atoms with Gasteiger partial charge in [-0.1, -0.05) is 69.6 Å². The summed E-state index contributed by atoms with van der Waals surface area (Å²) in [4.78, 5) is 0. The highest BCUT2D eigenvalue weighted by Crippen LogP contribution is 2.48. The minimum atomic E-state index is -2.00. The second-order valence-electron chi connectivity index (χ2n) is 2.68. The van der Waals surface area contributed by atoms with Crippen molar-refractivity contribution in [3.8, 4) is 0 Å². The van der Waals surface area contributed by atoms with Crippen LogP contribution < -0.4 is 0 Å². The number of halogens is 8. The fourth-order valence-electron chi connectivity index (χ4n) is 1.05. The molecule has 90 valence electrons. The molecule has 0 nitrogen and oxygen atoms in total. The Morgan fingerprint density at radius 2 is 0.812 bits per heavy atom. The van der Waals surface area contributed by atoms with Crippen molar-refractivity contribution in [2.45, 2.75) is 11.3 Å².